The van der Waals surface area contributed by atoms with Gasteiger partial charge in [0.2, 0.25) is 10.1 Å². The zero-order valence-electron chi connectivity index (χ0n) is 14.5. The second-order valence-corrected chi connectivity index (χ2v) is 6.49. The highest BCUT2D eigenvalue weighted by Gasteiger charge is 2.35. The van der Waals surface area contributed by atoms with E-state index in [1.54, 1.807) is 12.1 Å². The molecule has 3 rings (SSSR count). The first-order chi connectivity index (χ1) is 14.2. The maximum Gasteiger partial charge on any atom is 0.445 e. The molecule has 0 aliphatic carbocycles. The van der Waals surface area contributed by atoms with Crippen LogP contribution in [0.25, 0.3) is 17.4 Å². The highest BCUT2D eigenvalue weighted by atomic mass is 32.1. The molecule has 0 saturated heterocycles. The molecule has 1 N–H and O–H groups in total. The van der Waals surface area contributed by atoms with Crippen LogP contribution in [-0.4, -0.2) is 21.0 Å². The molecule has 1 amide bonds. The average Bonchev–Trinajstić information content (AvgIpc) is 3.35. The lowest BCUT2D eigenvalue weighted by atomic mass is 10.1. The number of nitro benzene ring substituents is 1. The Morgan fingerprint density at radius 1 is 1.27 bits per heavy atom. The van der Waals surface area contributed by atoms with Gasteiger partial charge in [-0.2, -0.15) is 18.4 Å². The summed E-state index contributed by atoms with van der Waals surface area (Å²) < 4.78 is 43.1. The van der Waals surface area contributed by atoms with Crippen molar-refractivity contribution in [2.24, 2.45) is 0 Å². The number of alkyl halides is 3. The van der Waals surface area contributed by atoms with E-state index in [-0.39, 0.29) is 34.1 Å². The summed E-state index contributed by atoms with van der Waals surface area (Å²) in [6.07, 6.45) is -3.67. The van der Waals surface area contributed by atoms with E-state index in [1.165, 1.54) is 30.3 Å². The Balaban J connectivity index is 1.82. The predicted molar refractivity (Wildman–Crippen MR) is 97.9 cm³/mol. The van der Waals surface area contributed by atoms with Crippen molar-refractivity contribution >= 4 is 34.1 Å². The van der Waals surface area contributed by atoms with Crippen molar-refractivity contribution in [3.05, 3.63) is 62.9 Å². The molecule has 0 saturated carbocycles. The SMILES string of the molecule is N#C/C(=C/c1ccc(-c2ccccc2[N+](=O)[O-])o1)C(=O)Nc1nnc(C(F)(F)F)s1. The van der Waals surface area contributed by atoms with Crippen molar-refractivity contribution in [1.29, 1.82) is 5.26 Å². The van der Waals surface area contributed by atoms with Gasteiger partial charge >= 0.3 is 6.18 Å². The van der Waals surface area contributed by atoms with Gasteiger partial charge < -0.3 is 4.42 Å². The molecule has 0 radical (unpaired) electrons. The second kappa shape index (κ2) is 8.13. The van der Waals surface area contributed by atoms with Crippen LogP contribution in [-0.2, 0) is 11.0 Å². The molecule has 0 fully saturated rings. The van der Waals surface area contributed by atoms with Gasteiger partial charge in [-0.15, -0.1) is 10.2 Å². The monoisotopic (exact) mass is 435 g/mol. The Morgan fingerprint density at radius 3 is 2.63 bits per heavy atom. The van der Waals surface area contributed by atoms with Gasteiger partial charge in [0.25, 0.3) is 11.6 Å². The van der Waals surface area contributed by atoms with Crippen molar-refractivity contribution in [3.63, 3.8) is 0 Å². The zero-order valence-corrected chi connectivity index (χ0v) is 15.3. The quantitative estimate of drug-likeness (QED) is 0.274. The summed E-state index contributed by atoms with van der Waals surface area (Å²) in [5.74, 6) is -0.862. The van der Waals surface area contributed by atoms with E-state index >= 15 is 0 Å². The third-order valence-corrected chi connectivity index (χ3v) is 4.42. The molecule has 13 heteroatoms. The minimum atomic E-state index is -4.71. The number of anilines is 1. The third-order valence-electron chi connectivity index (χ3n) is 3.53. The number of nitriles is 1. The number of nitrogens with one attached hydrogen (secondary N) is 1. The molecule has 1 aromatic carbocycles. The number of nitro groups is 1. The van der Waals surface area contributed by atoms with Crippen LogP contribution in [0, 0.1) is 21.4 Å². The summed E-state index contributed by atoms with van der Waals surface area (Å²) in [4.78, 5) is 22.7. The Morgan fingerprint density at radius 2 is 2.00 bits per heavy atom. The van der Waals surface area contributed by atoms with Crippen LogP contribution in [0.3, 0.4) is 0 Å². The van der Waals surface area contributed by atoms with E-state index in [2.05, 4.69) is 15.5 Å². The van der Waals surface area contributed by atoms with Crippen molar-refractivity contribution in [3.8, 4) is 17.4 Å². The van der Waals surface area contributed by atoms with Crippen LogP contribution >= 0.6 is 11.3 Å². The first-order valence-corrected chi connectivity index (χ1v) is 8.68. The lowest BCUT2D eigenvalue weighted by Crippen LogP contribution is -2.13. The molecule has 152 valence electrons. The maximum atomic E-state index is 12.5. The fourth-order valence-corrected chi connectivity index (χ4v) is 2.87. The number of hydrogen-bond acceptors (Lipinski definition) is 8. The molecule has 3 aromatic rings. The summed E-state index contributed by atoms with van der Waals surface area (Å²) >= 11 is 0.105. The molecule has 0 aliphatic heterocycles. The summed E-state index contributed by atoms with van der Waals surface area (Å²) in [7, 11) is 0. The van der Waals surface area contributed by atoms with Crippen molar-refractivity contribution < 1.29 is 27.3 Å². The van der Waals surface area contributed by atoms with Crippen molar-refractivity contribution in [2.75, 3.05) is 5.32 Å². The van der Waals surface area contributed by atoms with Gasteiger partial charge in [-0.3, -0.25) is 20.2 Å². The molecule has 0 aliphatic rings. The number of carbonyl (C=O) groups excluding carboxylic acids is 1. The van der Waals surface area contributed by atoms with E-state index in [1.807, 2.05) is 0 Å². The van der Waals surface area contributed by atoms with Crippen LogP contribution < -0.4 is 5.32 Å². The van der Waals surface area contributed by atoms with Crippen LogP contribution in [0.2, 0.25) is 0 Å². The largest absolute Gasteiger partial charge is 0.456 e. The Bertz CT molecular complexity index is 1190. The van der Waals surface area contributed by atoms with E-state index < -0.39 is 32.7 Å². The highest BCUT2D eigenvalue weighted by Crippen LogP contribution is 2.33. The molecule has 0 spiro atoms. The molecule has 30 heavy (non-hydrogen) atoms. The number of amides is 1. The van der Waals surface area contributed by atoms with Gasteiger partial charge in [0.15, 0.2) is 0 Å². The molecule has 9 nitrogen and oxygen atoms in total. The number of hydrogen-bond donors (Lipinski definition) is 1. The van der Waals surface area contributed by atoms with Crippen molar-refractivity contribution in [1.82, 2.24) is 10.2 Å². The fourth-order valence-electron chi connectivity index (χ4n) is 2.26. The van der Waals surface area contributed by atoms with Crippen LogP contribution in [0.1, 0.15) is 10.8 Å². The number of nitrogens with zero attached hydrogens (tertiary/aromatic N) is 4. The Hall–Kier alpha value is -4.05. The van der Waals surface area contributed by atoms with Crippen LogP contribution in [0.4, 0.5) is 24.0 Å². The van der Waals surface area contributed by atoms with Gasteiger partial charge in [-0.05, 0) is 18.2 Å². The fraction of sp³-hybridized carbons (Fsp3) is 0.0588. The smallest absolute Gasteiger partial charge is 0.445 e. The summed E-state index contributed by atoms with van der Waals surface area (Å²) in [5, 5.41) is 26.8. The van der Waals surface area contributed by atoms with Crippen LogP contribution in [0.15, 0.2) is 46.4 Å². The standard InChI is InChI=1S/C17H8F3N5O4S/c18-17(19,20)15-23-24-16(30-15)22-14(26)9(8-21)7-10-5-6-13(29-10)11-3-1-2-4-12(11)25(27)28/h1-7H,(H,22,24,26)/b9-7-. The van der Waals surface area contributed by atoms with E-state index in [9.17, 15) is 33.3 Å². The lowest BCUT2D eigenvalue weighted by molar-refractivity contribution is -0.384. The Kier molecular flexibility index (Phi) is 5.61. The first kappa shape index (κ1) is 20.7. The number of halogens is 3. The van der Waals surface area contributed by atoms with Gasteiger partial charge in [-0.25, -0.2) is 0 Å². The third kappa shape index (κ3) is 4.50. The minimum Gasteiger partial charge on any atom is -0.456 e. The van der Waals surface area contributed by atoms with Gasteiger partial charge in [0.1, 0.15) is 23.2 Å². The lowest BCUT2D eigenvalue weighted by Gasteiger charge is -2.00. The topological polar surface area (TPSA) is 135 Å². The average molecular weight is 435 g/mol. The minimum absolute atomic E-state index is 0.0306. The van der Waals surface area contributed by atoms with Gasteiger partial charge in [-0.1, -0.05) is 23.5 Å². The number of para-hydroxylation sites is 1. The highest BCUT2D eigenvalue weighted by molar-refractivity contribution is 7.15. The molecule has 2 aromatic heterocycles. The number of aromatic nitrogens is 2. The number of carbonyl (C=O) groups is 1. The van der Waals surface area contributed by atoms with E-state index in [4.69, 9.17) is 4.42 Å². The molecule has 2 heterocycles. The molecular formula is C17H8F3N5O4S. The molecular weight excluding hydrogens is 427 g/mol. The number of furan rings is 1. The van der Waals surface area contributed by atoms with E-state index in [0.29, 0.717) is 0 Å². The predicted octanol–water partition coefficient (Wildman–Crippen LogP) is 4.27. The summed E-state index contributed by atoms with van der Waals surface area (Å²) in [6.45, 7) is 0. The van der Waals surface area contributed by atoms with Crippen molar-refractivity contribution in [2.45, 2.75) is 6.18 Å². The Labute approximate surface area is 169 Å². The summed E-state index contributed by atoms with van der Waals surface area (Å²) in [5.41, 5.74) is -0.488. The number of benzene rings is 1. The normalized spacial score (nSPS) is 11.7. The first-order valence-electron chi connectivity index (χ1n) is 7.86. The molecule has 0 bridgehead atoms. The number of rotatable bonds is 5. The summed E-state index contributed by atoms with van der Waals surface area (Å²) in [6, 6.07) is 10.2. The molecule has 0 atom stereocenters. The maximum absolute atomic E-state index is 12.5. The van der Waals surface area contributed by atoms with Crippen LogP contribution in [0.5, 0.6) is 0 Å². The zero-order chi connectivity index (χ0) is 21.9. The molecule has 0 unspecified atom stereocenters. The van der Waals surface area contributed by atoms with E-state index in [0.717, 1.165) is 6.08 Å². The van der Waals surface area contributed by atoms with Gasteiger partial charge in [0.05, 0.1) is 10.5 Å². The van der Waals surface area contributed by atoms with Gasteiger partial charge in [0, 0.05) is 12.1 Å². The second-order valence-electron chi connectivity index (χ2n) is 5.51.